The lowest BCUT2D eigenvalue weighted by Gasteiger charge is -2.32. The van der Waals surface area contributed by atoms with Gasteiger partial charge in [-0.15, -0.1) is 0 Å². The van der Waals surface area contributed by atoms with Gasteiger partial charge >= 0.3 is 14.7 Å². The molecule has 7 heteroatoms. The maximum atomic E-state index is 13.1. The van der Waals surface area contributed by atoms with Crippen molar-refractivity contribution >= 4 is 25.5 Å². The van der Waals surface area contributed by atoms with Crippen molar-refractivity contribution in [1.82, 2.24) is 0 Å². The molecular weight excluding hydrogens is 326 g/mol. The molecule has 24 heavy (non-hydrogen) atoms. The third kappa shape index (κ3) is 3.49. The minimum atomic E-state index is -3.35. The van der Waals surface area contributed by atoms with Crippen LogP contribution in [0.15, 0.2) is 18.2 Å². The molecule has 0 aliphatic carbocycles. The molecule has 0 saturated carbocycles. The number of benzene rings is 1. The smallest absolute Gasteiger partial charge is 0.399 e. The largest absolute Gasteiger partial charge is 0.495 e. The zero-order valence-electron chi connectivity index (χ0n) is 15.7. The molecule has 0 atom stereocenters. The van der Waals surface area contributed by atoms with Crippen molar-refractivity contribution < 1.29 is 22.9 Å². The predicted octanol–water partition coefficient (Wildman–Crippen LogP) is 3.19. The van der Waals surface area contributed by atoms with Gasteiger partial charge in [0.2, 0.25) is 0 Å². The van der Waals surface area contributed by atoms with Crippen molar-refractivity contribution in [2.75, 3.05) is 13.2 Å². The maximum Gasteiger partial charge on any atom is 0.495 e. The first-order valence-corrected chi connectivity index (χ1v) is 9.97. The van der Waals surface area contributed by atoms with E-state index < -0.39 is 25.9 Å². The average Bonchev–Trinajstić information content (AvgIpc) is 2.67. The molecule has 1 aromatic rings. The van der Waals surface area contributed by atoms with E-state index in [-0.39, 0.29) is 0 Å². The summed E-state index contributed by atoms with van der Waals surface area (Å²) in [6, 6.07) is 5.56. The molecule has 1 aromatic carbocycles. The molecule has 0 spiro atoms. The van der Waals surface area contributed by atoms with Crippen molar-refractivity contribution in [3.8, 4) is 0 Å². The Morgan fingerprint density at radius 2 is 1.54 bits per heavy atom. The lowest BCUT2D eigenvalue weighted by atomic mass is 9.76. The monoisotopic (exact) mass is 354 g/mol. The van der Waals surface area contributed by atoms with Crippen molar-refractivity contribution in [1.29, 1.82) is 0 Å². The van der Waals surface area contributed by atoms with Crippen LogP contribution < -0.4 is 10.8 Å². The number of hydrogen-bond donors (Lipinski definition) is 0. The van der Waals surface area contributed by atoms with Gasteiger partial charge in [-0.2, -0.15) is 0 Å². The summed E-state index contributed by atoms with van der Waals surface area (Å²) in [6.45, 7) is 14.2. The zero-order valence-corrected chi connectivity index (χ0v) is 16.6. The van der Waals surface area contributed by atoms with Crippen molar-refractivity contribution in [3.63, 3.8) is 0 Å². The summed E-state index contributed by atoms with van der Waals surface area (Å²) < 4.78 is 36.4. The van der Waals surface area contributed by atoms with Gasteiger partial charge in [-0.05, 0) is 65.6 Å². The van der Waals surface area contributed by atoms with Gasteiger partial charge in [-0.1, -0.05) is 12.1 Å². The molecule has 0 radical (unpaired) electrons. The normalized spacial score (nSPS) is 19.7. The van der Waals surface area contributed by atoms with Gasteiger partial charge in [0.05, 0.1) is 29.7 Å². The third-order valence-electron chi connectivity index (χ3n) is 4.75. The molecule has 0 unspecified atom stereocenters. The highest BCUT2D eigenvalue weighted by atomic mass is 31.2. The van der Waals surface area contributed by atoms with E-state index in [1.807, 2.05) is 46.8 Å². The van der Waals surface area contributed by atoms with Crippen LogP contribution in [0.2, 0.25) is 0 Å². The van der Waals surface area contributed by atoms with Crippen LogP contribution in [0.4, 0.5) is 0 Å². The molecule has 0 bridgehead atoms. The van der Waals surface area contributed by atoms with Crippen LogP contribution in [0.3, 0.4) is 0 Å². The molecule has 1 aliphatic rings. The van der Waals surface area contributed by atoms with Crippen LogP contribution in [0.25, 0.3) is 0 Å². The highest BCUT2D eigenvalue weighted by molar-refractivity contribution is 7.62. The standard InChI is InChI=1S/C17H28BO5P/c1-8-20-24(19,21-9-2)15-12-10-11-14(13(15)3)18-22-16(4,5)17(6,7)23-18/h10-12H,8-9H2,1-7H3. The second-order valence-corrected chi connectivity index (χ2v) is 8.91. The molecule has 2 rings (SSSR count). The molecule has 0 aromatic heterocycles. The lowest BCUT2D eigenvalue weighted by Crippen LogP contribution is -2.41. The van der Waals surface area contributed by atoms with E-state index >= 15 is 0 Å². The molecule has 134 valence electrons. The Kier molecular flexibility index (Phi) is 5.68. The van der Waals surface area contributed by atoms with Gasteiger partial charge in [0.15, 0.2) is 0 Å². The van der Waals surface area contributed by atoms with Gasteiger partial charge in [-0.25, -0.2) is 0 Å². The van der Waals surface area contributed by atoms with Gasteiger partial charge < -0.3 is 18.4 Å². The summed E-state index contributed by atoms with van der Waals surface area (Å²) >= 11 is 0. The van der Waals surface area contributed by atoms with E-state index in [1.54, 1.807) is 19.9 Å². The Balaban J connectivity index is 2.44. The first kappa shape index (κ1) is 19.7. The van der Waals surface area contributed by atoms with Crippen molar-refractivity contribution in [2.45, 2.75) is 59.7 Å². The molecule has 1 saturated heterocycles. The van der Waals surface area contributed by atoms with Crippen LogP contribution >= 0.6 is 7.60 Å². The summed E-state index contributed by atoms with van der Waals surface area (Å²) in [5, 5.41) is 0.568. The van der Waals surface area contributed by atoms with Gasteiger partial charge in [0, 0.05) is 0 Å². The summed E-state index contributed by atoms with van der Waals surface area (Å²) in [5.74, 6) is 0. The summed E-state index contributed by atoms with van der Waals surface area (Å²) in [4.78, 5) is 0. The third-order valence-corrected chi connectivity index (χ3v) is 7.02. The fraction of sp³-hybridized carbons (Fsp3) is 0.647. The predicted molar refractivity (Wildman–Crippen MR) is 97.4 cm³/mol. The van der Waals surface area contributed by atoms with E-state index in [0.29, 0.717) is 18.5 Å². The van der Waals surface area contributed by atoms with E-state index in [0.717, 1.165) is 11.0 Å². The van der Waals surface area contributed by atoms with E-state index in [2.05, 4.69) is 0 Å². The van der Waals surface area contributed by atoms with Gasteiger partial charge in [-0.3, -0.25) is 4.57 Å². The van der Waals surface area contributed by atoms with Crippen LogP contribution in [-0.4, -0.2) is 31.5 Å². The number of hydrogen-bond acceptors (Lipinski definition) is 5. The quantitative estimate of drug-likeness (QED) is 0.580. The van der Waals surface area contributed by atoms with E-state index in [9.17, 15) is 4.57 Å². The highest BCUT2D eigenvalue weighted by Gasteiger charge is 2.52. The number of rotatable bonds is 6. The lowest BCUT2D eigenvalue weighted by molar-refractivity contribution is 0.00578. The molecule has 1 aliphatic heterocycles. The molecule has 1 heterocycles. The molecule has 5 nitrogen and oxygen atoms in total. The van der Waals surface area contributed by atoms with Crippen LogP contribution in [0, 0.1) is 6.92 Å². The molecular formula is C17H28BO5P. The first-order valence-electron chi connectivity index (χ1n) is 8.43. The highest BCUT2D eigenvalue weighted by Crippen LogP contribution is 2.47. The minimum absolute atomic E-state index is 0.317. The van der Waals surface area contributed by atoms with E-state index in [1.165, 1.54) is 0 Å². The molecule has 1 fully saturated rings. The summed E-state index contributed by atoms with van der Waals surface area (Å²) in [6.07, 6.45) is 0. The zero-order chi connectivity index (χ0) is 18.2. The van der Waals surface area contributed by atoms with Gasteiger partial charge in [0.1, 0.15) is 0 Å². The SMILES string of the molecule is CCOP(=O)(OCC)c1cccc(B2OC(C)(C)C(C)(C)O2)c1C. The second kappa shape index (κ2) is 6.93. The van der Waals surface area contributed by atoms with Gasteiger partial charge in [0.25, 0.3) is 0 Å². The Labute approximate surface area is 145 Å². The summed E-state index contributed by atoms with van der Waals surface area (Å²) in [5.41, 5.74) is 0.819. The van der Waals surface area contributed by atoms with Crippen molar-refractivity contribution in [3.05, 3.63) is 23.8 Å². The summed E-state index contributed by atoms with van der Waals surface area (Å²) in [7, 11) is -3.86. The molecule has 0 N–H and O–H groups in total. The fourth-order valence-electron chi connectivity index (χ4n) is 2.68. The Morgan fingerprint density at radius 1 is 1.04 bits per heavy atom. The fourth-order valence-corrected chi connectivity index (χ4v) is 4.52. The first-order chi connectivity index (χ1) is 11.1. The topological polar surface area (TPSA) is 54.0 Å². The Morgan fingerprint density at radius 3 is 2.00 bits per heavy atom. The Bertz CT molecular complexity index is 618. The minimum Gasteiger partial charge on any atom is -0.399 e. The van der Waals surface area contributed by atoms with Crippen molar-refractivity contribution in [2.24, 2.45) is 0 Å². The maximum absolute atomic E-state index is 13.1. The van der Waals surface area contributed by atoms with Crippen LogP contribution in [0.5, 0.6) is 0 Å². The van der Waals surface area contributed by atoms with E-state index in [4.69, 9.17) is 18.4 Å². The van der Waals surface area contributed by atoms with Crippen LogP contribution in [-0.2, 0) is 22.9 Å². The second-order valence-electron chi connectivity index (χ2n) is 6.91. The van der Waals surface area contributed by atoms with Crippen LogP contribution in [0.1, 0.15) is 47.1 Å². The Hall–Kier alpha value is -0.645. The average molecular weight is 354 g/mol. The molecule has 0 amide bonds.